The number of hydrogen-bond donors (Lipinski definition) is 1. The van der Waals surface area contributed by atoms with Gasteiger partial charge in [0, 0.05) is 16.0 Å². The maximum Gasteiger partial charge on any atom is 0.345 e. The Hall–Kier alpha value is -1.01. The Morgan fingerprint density at radius 3 is 2.65 bits per heavy atom. The maximum atomic E-state index is 11.4. The molecule has 0 aliphatic carbocycles. The molecule has 0 spiro atoms. The second kappa shape index (κ2) is 5.55. The number of carbonyl (C=O) groups excluding carboxylic acids is 1. The standard InChI is InChI=1S/C11H14O4S2/c1-11(2,10(14)15-3)6-17-7-4-8(9(12)13)16-5-7/h4-5H,6H2,1-3H3,(H,12,13). The molecule has 4 nitrogen and oxygen atoms in total. The molecular weight excluding hydrogens is 260 g/mol. The Labute approximate surface area is 108 Å². The summed E-state index contributed by atoms with van der Waals surface area (Å²) >= 11 is 2.64. The van der Waals surface area contributed by atoms with E-state index in [0.29, 0.717) is 10.6 Å². The van der Waals surface area contributed by atoms with Crippen LogP contribution in [0.2, 0.25) is 0 Å². The molecule has 1 N–H and O–H groups in total. The lowest BCUT2D eigenvalue weighted by molar-refractivity contribution is -0.149. The number of esters is 1. The Morgan fingerprint density at radius 1 is 1.53 bits per heavy atom. The van der Waals surface area contributed by atoms with Crippen LogP contribution in [0.5, 0.6) is 0 Å². The molecule has 0 fully saturated rings. The number of methoxy groups -OCH3 is 1. The summed E-state index contributed by atoms with van der Waals surface area (Å²) in [4.78, 5) is 23.3. The van der Waals surface area contributed by atoms with E-state index in [9.17, 15) is 9.59 Å². The predicted molar refractivity (Wildman–Crippen MR) is 67.8 cm³/mol. The van der Waals surface area contributed by atoms with Crippen molar-refractivity contribution in [2.24, 2.45) is 5.41 Å². The van der Waals surface area contributed by atoms with E-state index in [1.807, 2.05) is 0 Å². The Morgan fingerprint density at radius 2 is 2.18 bits per heavy atom. The third-order valence-corrected chi connectivity index (χ3v) is 4.63. The average molecular weight is 274 g/mol. The molecular formula is C11H14O4S2. The first-order valence-electron chi connectivity index (χ1n) is 4.90. The lowest BCUT2D eigenvalue weighted by Crippen LogP contribution is -2.27. The summed E-state index contributed by atoms with van der Waals surface area (Å²) in [5, 5.41) is 10.6. The zero-order valence-corrected chi connectivity index (χ0v) is 11.5. The van der Waals surface area contributed by atoms with Crippen LogP contribution < -0.4 is 0 Å². The first kappa shape index (κ1) is 14.1. The second-order valence-corrected chi connectivity index (χ2v) is 6.08. The van der Waals surface area contributed by atoms with Crippen molar-refractivity contribution >= 4 is 35.0 Å². The SMILES string of the molecule is COC(=O)C(C)(C)CSc1csc(C(=O)O)c1. The molecule has 17 heavy (non-hydrogen) atoms. The van der Waals surface area contributed by atoms with E-state index in [2.05, 4.69) is 0 Å². The van der Waals surface area contributed by atoms with Crippen molar-refractivity contribution in [3.63, 3.8) is 0 Å². The number of carboxylic acids is 1. The number of thiophene rings is 1. The van der Waals surface area contributed by atoms with E-state index in [1.54, 1.807) is 25.3 Å². The summed E-state index contributed by atoms with van der Waals surface area (Å²) in [6, 6.07) is 1.62. The van der Waals surface area contributed by atoms with Crippen LogP contribution in [0.4, 0.5) is 0 Å². The summed E-state index contributed by atoms with van der Waals surface area (Å²) < 4.78 is 4.70. The van der Waals surface area contributed by atoms with Crippen LogP contribution >= 0.6 is 23.1 Å². The average Bonchev–Trinajstić information content (AvgIpc) is 2.74. The zero-order valence-electron chi connectivity index (χ0n) is 9.85. The Kier molecular flexibility index (Phi) is 4.59. The number of rotatable bonds is 5. The normalized spacial score (nSPS) is 11.2. The highest BCUT2D eigenvalue weighted by atomic mass is 32.2. The third kappa shape index (κ3) is 3.74. The van der Waals surface area contributed by atoms with Gasteiger partial charge in [0.15, 0.2) is 0 Å². The van der Waals surface area contributed by atoms with Crippen LogP contribution in [0.25, 0.3) is 0 Å². The molecule has 0 aliphatic heterocycles. The van der Waals surface area contributed by atoms with E-state index in [4.69, 9.17) is 9.84 Å². The van der Waals surface area contributed by atoms with Crippen molar-refractivity contribution < 1.29 is 19.4 Å². The highest BCUT2D eigenvalue weighted by Gasteiger charge is 2.28. The van der Waals surface area contributed by atoms with Gasteiger partial charge in [-0.3, -0.25) is 4.79 Å². The highest BCUT2D eigenvalue weighted by Crippen LogP contribution is 2.31. The molecule has 94 valence electrons. The van der Waals surface area contributed by atoms with Gasteiger partial charge in [-0.25, -0.2) is 4.79 Å². The summed E-state index contributed by atoms with van der Waals surface area (Å²) in [5.41, 5.74) is -0.579. The van der Waals surface area contributed by atoms with Crippen molar-refractivity contribution in [1.29, 1.82) is 0 Å². The fraction of sp³-hybridized carbons (Fsp3) is 0.455. The van der Waals surface area contributed by atoms with Gasteiger partial charge in [-0.15, -0.1) is 23.1 Å². The van der Waals surface area contributed by atoms with E-state index in [1.165, 1.54) is 30.2 Å². The molecule has 1 rings (SSSR count). The molecule has 0 bridgehead atoms. The second-order valence-electron chi connectivity index (χ2n) is 4.12. The molecule has 6 heteroatoms. The lowest BCUT2D eigenvalue weighted by Gasteiger charge is -2.20. The Balaban J connectivity index is 2.61. The fourth-order valence-corrected chi connectivity index (χ4v) is 3.05. The van der Waals surface area contributed by atoms with Crippen molar-refractivity contribution in [1.82, 2.24) is 0 Å². The van der Waals surface area contributed by atoms with Gasteiger partial charge in [-0.05, 0) is 19.9 Å². The van der Waals surface area contributed by atoms with Crippen LogP contribution in [0.1, 0.15) is 23.5 Å². The quantitative estimate of drug-likeness (QED) is 0.660. The van der Waals surface area contributed by atoms with E-state index >= 15 is 0 Å². The van der Waals surface area contributed by atoms with Gasteiger partial charge in [-0.2, -0.15) is 0 Å². The van der Waals surface area contributed by atoms with Crippen molar-refractivity contribution in [2.45, 2.75) is 18.7 Å². The van der Waals surface area contributed by atoms with E-state index in [-0.39, 0.29) is 5.97 Å². The molecule has 1 aromatic rings. The minimum Gasteiger partial charge on any atom is -0.477 e. The van der Waals surface area contributed by atoms with Gasteiger partial charge in [0.05, 0.1) is 12.5 Å². The van der Waals surface area contributed by atoms with Gasteiger partial charge in [0.25, 0.3) is 0 Å². The smallest absolute Gasteiger partial charge is 0.345 e. The van der Waals surface area contributed by atoms with Gasteiger partial charge < -0.3 is 9.84 Å². The van der Waals surface area contributed by atoms with Crippen molar-refractivity contribution in [2.75, 3.05) is 12.9 Å². The Bertz CT molecular complexity index is 423. The van der Waals surface area contributed by atoms with E-state index in [0.717, 1.165) is 4.90 Å². The van der Waals surface area contributed by atoms with Crippen molar-refractivity contribution in [3.8, 4) is 0 Å². The van der Waals surface area contributed by atoms with Crippen LogP contribution in [0.15, 0.2) is 16.3 Å². The summed E-state index contributed by atoms with van der Waals surface area (Å²) in [5.74, 6) is -0.636. The molecule has 0 atom stereocenters. The molecule has 0 saturated heterocycles. The van der Waals surface area contributed by atoms with Crippen molar-refractivity contribution in [3.05, 3.63) is 16.3 Å². The predicted octanol–water partition coefficient (Wildman–Crippen LogP) is 2.74. The first-order valence-corrected chi connectivity index (χ1v) is 6.76. The summed E-state index contributed by atoms with van der Waals surface area (Å²) in [6.45, 7) is 3.60. The van der Waals surface area contributed by atoms with Gasteiger partial charge in [0.2, 0.25) is 0 Å². The monoisotopic (exact) mass is 274 g/mol. The highest BCUT2D eigenvalue weighted by molar-refractivity contribution is 7.99. The summed E-state index contributed by atoms with van der Waals surface area (Å²) in [7, 11) is 1.36. The number of carboxylic acid groups (broad SMARTS) is 1. The first-order chi connectivity index (χ1) is 7.86. The molecule has 0 aromatic carbocycles. The van der Waals surface area contributed by atoms with Gasteiger partial charge in [0.1, 0.15) is 4.88 Å². The van der Waals surface area contributed by atoms with Crippen LogP contribution in [0, 0.1) is 5.41 Å². The number of thioether (sulfide) groups is 1. The summed E-state index contributed by atoms with van der Waals surface area (Å²) in [6.07, 6.45) is 0. The van der Waals surface area contributed by atoms with Gasteiger partial charge in [-0.1, -0.05) is 0 Å². The lowest BCUT2D eigenvalue weighted by atomic mass is 9.97. The zero-order chi connectivity index (χ0) is 13.1. The minimum atomic E-state index is -0.922. The molecule has 0 radical (unpaired) electrons. The number of aromatic carboxylic acids is 1. The molecule has 1 aromatic heterocycles. The van der Waals surface area contributed by atoms with Crippen LogP contribution in [-0.2, 0) is 9.53 Å². The molecule has 0 unspecified atom stereocenters. The minimum absolute atomic E-state index is 0.265. The van der Waals surface area contributed by atoms with Gasteiger partial charge >= 0.3 is 11.9 Å². The topological polar surface area (TPSA) is 63.6 Å². The molecule has 0 amide bonds. The molecule has 0 aliphatic rings. The molecule has 1 heterocycles. The number of carbonyl (C=O) groups is 2. The fourth-order valence-electron chi connectivity index (χ4n) is 1.11. The largest absolute Gasteiger partial charge is 0.477 e. The van der Waals surface area contributed by atoms with Crippen LogP contribution in [-0.4, -0.2) is 29.9 Å². The number of ether oxygens (including phenoxy) is 1. The third-order valence-electron chi connectivity index (χ3n) is 2.12. The molecule has 0 saturated carbocycles. The number of hydrogen-bond acceptors (Lipinski definition) is 5. The van der Waals surface area contributed by atoms with E-state index < -0.39 is 11.4 Å². The van der Waals surface area contributed by atoms with Crippen LogP contribution in [0.3, 0.4) is 0 Å². The maximum absolute atomic E-state index is 11.4.